The summed E-state index contributed by atoms with van der Waals surface area (Å²) in [7, 11) is 0. The first-order chi connectivity index (χ1) is 10.2. The first kappa shape index (κ1) is 14.2. The van der Waals surface area contributed by atoms with E-state index in [0.717, 1.165) is 17.2 Å². The van der Waals surface area contributed by atoms with Crippen LogP contribution in [0.15, 0.2) is 36.7 Å². The van der Waals surface area contributed by atoms with Crippen LogP contribution in [0, 0.1) is 13.8 Å². The van der Waals surface area contributed by atoms with Crippen LogP contribution < -0.4 is 5.32 Å². The second-order valence-corrected chi connectivity index (χ2v) is 6.37. The van der Waals surface area contributed by atoms with E-state index >= 15 is 0 Å². The van der Waals surface area contributed by atoms with Crippen molar-refractivity contribution in [3.05, 3.63) is 57.8 Å². The Morgan fingerprint density at radius 3 is 2.71 bits per heavy atom. The van der Waals surface area contributed by atoms with Crippen molar-refractivity contribution in [2.45, 2.75) is 26.8 Å². The number of pyridine rings is 1. The summed E-state index contributed by atoms with van der Waals surface area (Å²) in [6.07, 6.45) is 3.88. The average Bonchev–Trinajstić information content (AvgIpc) is 2.84. The normalized spacial score (nSPS) is 12.7. The summed E-state index contributed by atoms with van der Waals surface area (Å²) in [5.41, 5.74) is 2.31. The van der Waals surface area contributed by atoms with Gasteiger partial charge in [-0.1, -0.05) is 31.2 Å². The van der Waals surface area contributed by atoms with Crippen molar-refractivity contribution in [2.75, 3.05) is 6.54 Å². The fourth-order valence-corrected chi connectivity index (χ4v) is 3.54. The van der Waals surface area contributed by atoms with Gasteiger partial charge in [0.1, 0.15) is 5.01 Å². The van der Waals surface area contributed by atoms with Gasteiger partial charge in [-0.05, 0) is 25.8 Å². The Bertz CT molecular complexity index is 739. The molecule has 0 spiro atoms. The fraction of sp³-hybridized carbons (Fsp3) is 0.294. The molecule has 1 N–H and O–H groups in total. The van der Waals surface area contributed by atoms with E-state index in [1.807, 2.05) is 18.5 Å². The minimum atomic E-state index is 0.103. The lowest BCUT2D eigenvalue weighted by Gasteiger charge is -2.17. The lowest BCUT2D eigenvalue weighted by atomic mass is 10.0. The van der Waals surface area contributed by atoms with Gasteiger partial charge in [-0.3, -0.25) is 4.98 Å². The molecule has 1 atom stereocenters. The molecular weight excluding hydrogens is 278 g/mol. The number of aromatic nitrogens is 2. The Balaban J connectivity index is 2.15. The number of rotatable bonds is 4. The molecule has 0 saturated carbocycles. The van der Waals surface area contributed by atoms with Crippen molar-refractivity contribution >= 4 is 22.1 Å². The number of fused-ring (bicyclic) bond motifs is 1. The molecule has 2 heterocycles. The van der Waals surface area contributed by atoms with Gasteiger partial charge in [-0.25, -0.2) is 4.98 Å². The molecule has 3 rings (SSSR count). The number of hydrogen-bond donors (Lipinski definition) is 1. The molecule has 1 unspecified atom stereocenters. The molecule has 3 aromatic rings. The summed E-state index contributed by atoms with van der Waals surface area (Å²) >= 11 is 1.76. The Labute approximate surface area is 129 Å². The molecule has 0 fully saturated rings. The summed E-state index contributed by atoms with van der Waals surface area (Å²) in [6, 6.07) is 8.49. The predicted octanol–water partition coefficient (Wildman–Crippen LogP) is 4.01. The van der Waals surface area contributed by atoms with Gasteiger partial charge in [-0.2, -0.15) is 0 Å². The Kier molecular flexibility index (Phi) is 3.99. The molecular formula is C17H19N3S. The molecule has 0 bridgehead atoms. The molecule has 1 aromatic carbocycles. The predicted molar refractivity (Wildman–Crippen MR) is 88.9 cm³/mol. The van der Waals surface area contributed by atoms with Gasteiger partial charge in [0.05, 0.1) is 11.7 Å². The molecule has 0 aliphatic carbocycles. The van der Waals surface area contributed by atoms with Crippen LogP contribution in [-0.4, -0.2) is 16.5 Å². The third-order valence-electron chi connectivity index (χ3n) is 3.71. The number of aryl methyl sites for hydroxylation is 2. The van der Waals surface area contributed by atoms with E-state index in [-0.39, 0.29) is 6.04 Å². The Morgan fingerprint density at radius 1 is 1.19 bits per heavy atom. The van der Waals surface area contributed by atoms with Crippen LogP contribution >= 0.6 is 11.3 Å². The van der Waals surface area contributed by atoms with E-state index in [4.69, 9.17) is 4.98 Å². The first-order valence-electron chi connectivity index (χ1n) is 7.20. The molecule has 108 valence electrons. The SMILES string of the molecule is CCNC(c1nc(C)c(C)s1)c1cncc2ccccc12. The molecule has 0 radical (unpaired) electrons. The van der Waals surface area contributed by atoms with Crippen molar-refractivity contribution in [1.29, 1.82) is 0 Å². The van der Waals surface area contributed by atoms with E-state index in [1.54, 1.807) is 11.3 Å². The zero-order valence-corrected chi connectivity index (χ0v) is 13.4. The number of thiazole rings is 1. The minimum Gasteiger partial charge on any atom is -0.304 e. The summed E-state index contributed by atoms with van der Waals surface area (Å²) in [6.45, 7) is 7.21. The average molecular weight is 297 g/mol. The lowest BCUT2D eigenvalue weighted by Crippen LogP contribution is -2.22. The maximum absolute atomic E-state index is 4.74. The van der Waals surface area contributed by atoms with Crippen molar-refractivity contribution < 1.29 is 0 Å². The summed E-state index contributed by atoms with van der Waals surface area (Å²) in [5, 5.41) is 7.08. The van der Waals surface area contributed by atoms with Crippen molar-refractivity contribution in [3.8, 4) is 0 Å². The highest BCUT2D eigenvalue weighted by Crippen LogP contribution is 2.31. The fourth-order valence-electron chi connectivity index (χ4n) is 2.53. The first-order valence-corrected chi connectivity index (χ1v) is 8.02. The highest BCUT2D eigenvalue weighted by molar-refractivity contribution is 7.11. The van der Waals surface area contributed by atoms with E-state index in [1.165, 1.54) is 21.2 Å². The van der Waals surface area contributed by atoms with Crippen LogP contribution in [0.5, 0.6) is 0 Å². The molecule has 0 amide bonds. The Morgan fingerprint density at radius 2 is 2.00 bits per heavy atom. The van der Waals surface area contributed by atoms with E-state index in [2.05, 4.69) is 49.3 Å². The van der Waals surface area contributed by atoms with Crippen LogP contribution in [0.3, 0.4) is 0 Å². The third kappa shape index (κ3) is 2.69. The molecule has 21 heavy (non-hydrogen) atoms. The van der Waals surface area contributed by atoms with E-state index in [0.29, 0.717) is 0 Å². The smallest absolute Gasteiger partial charge is 0.115 e. The molecule has 2 aromatic heterocycles. The standard InChI is InChI=1S/C17H19N3S/c1-4-19-16(17-20-11(2)12(3)21-17)15-10-18-9-13-7-5-6-8-14(13)15/h5-10,16,19H,4H2,1-3H3. The number of benzene rings is 1. The van der Waals surface area contributed by atoms with Crippen molar-refractivity contribution in [1.82, 2.24) is 15.3 Å². The zero-order valence-electron chi connectivity index (χ0n) is 12.6. The summed E-state index contributed by atoms with van der Waals surface area (Å²) < 4.78 is 0. The van der Waals surface area contributed by atoms with Crippen LogP contribution in [0.2, 0.25) is 0 Å². The quantitative estimate of drug-likeness (QED) is 0.790. The monoisotopic (exact) mass is 297 g/mol. The molecule has 0 aliphatic heterocycles. The number of nitrogens with one attached hydrogen (secondary N) is 1. The summed E-state index contributed by atoms with van der Waals surface area (Å²) in [4.78, 5) is 10.4. The Hall–Kier alpha value is -1.78. The second-order valence-electron chi connectivity index (χ2n) is 5.13. The van der Waals surface area contributed by atoms with Crippen LogP contribution in [0.4, 0.5) is 0 Å². The lowest BCUT2D eigenvalue weighted by molar-refractivity contribution is 0.628. The topological polar surface area (TPSA) is 37.8 Å². The molecule has 3 nitrogen and oxygen atoms in total. The van der Waals surface area contributed by atoms with E-state index < -0.39 is 0 Å². The van der Waals surface area contributed by atoms with Crippen molar-refractivity contribution in [3.63, 3.8) is 0 Å². The van der Waals surface area contributed by atoms with Crippen LogP contribution in [-0.2, 0) is 0 Å². The van der Waals surface area contributed by atoms with Gasteiger partial charge >= 0.3 is 0 Å². The van der Waals surface area contributed by atoms with Gasteiger partial charge in [-0.15, -0.1) is 11.3 Å². The number of nitrogens with zero attached hydrogens (tertiary/aromatic N) is 2. The largest absolute Gasteiger partial charge is 0.304 e. The molecule has 0 saturated heterocycles. The zero-order chi connectivity index (χ0) is 14.8. The third-order valence-corrected chi connectivity index (χ3v) is 4.85. The van der Waals surface area contributed by atoms with E-state index in [9.17, 15) is 0 Å². The van der Waals surface area contributed by atoms with Crippen LogP contribution in [0.1, 0.15) is 34.1 Å². The van der Waals surface area contributed by atoms with Gasteiger partial charge in [0.15, 0.2) is 0 Å². The van der Waals surface area contributed by atoms with Crippen LogP contribution in [0.25, 0.3) is 10.8 Å². The van der Waals surface area contributed by atoms with Gasteiger partial charge in [0.2, 0.25) is 0 Å². The van der Waals surface area contributed by atoms with Gasteiger partial charge in [0, 0.05) is 28.2 Å². The minimum absolute atomic E-state index is 0.103. The van der Waals surface area contributed by atoms with Gasteiger partial charge < -0.3 is 5.32 Å². The molecule has 0 aliphatic rings. The second kappa shape index (κ2) is 5.92. The maximum atomic E-state index is 4.74. The highest BCUT2D eigenvalue weighted by atomic mass is 32.1. The van der Waals surface area contributed by atoms with Gasteiger partial charge in [0.25, 0.3) is 0 Å². The maximum Gasteiger partial charge on any atom is 0.115 e. The number of hydrogen-bond acceptors (Lipinski definition) is 4. The summed E-state index contributed by atoms with van der Waals surface area (Å²) in [5.74, 6) is 0. The highest BCUT2D eigenvalue weighted by Gasteiger charge is 2.20. The van der Waals surface area contributed by atoms with Crippen molar-refractivity contribution in [2.24, 2.45) is 0 Å². The molecule has 4 heteroatoms.